The van der Waals surface area contributed by atoms with Gasteiger partial charge in [0.2, 0.25) is 15.9 Å². The number of hydrogen-bond acceptors (Lipinski definition) is 4. The van der Waals surface area contributed by atoms with E-state index in [4.69, 9.17) is 4.74 Å². The Bertz CT molecular complexity index is 913. The number of nitrogens with one attached hydrogen (secondary N) is 1. The molecule has 0 radical (unpaired) electrons. The first kappa shape index (κ1) is 18.3. The second kappa shape index (κ2) is 7.43. The van der Waals surface area contributed by atoms with Crippen molar-refractivity contribution >= 4 is 21.6 Å². The fourth-order valence-electron chi connectivity index (χ4n) is 2.70. The second-order valence-electron chi connectivity index (χ2n) is 5.97. The number of halogens is 1. The smallest absolute Gasteiger partial charge is 0.240 e. The summed E-state index contributed by atoms with van der Waals surface area (Å²) in [5.41, 5.74) is 1.45. The Labute approximate surface area is 151 Å². The van der Waals surface area contributed by atoms with Crippen molar-refractivity contribution in [3.8, 4) is 5.75 Å². The molecule has 0 bridgehead atoms. The monoisotopic (exact) mass is 378 g/mol. The van der Waals surface area contributed by atoms with Gasteiger partial charge in [0.05, 0.1) is 17.9 Å². The van der Waals surface area contributed by atoms with Crippen molar-refractivity contribution in [1.82, 2.24) is 4.72 Å². The predicted molar refractivity (Wildman–Crippen MR) is 95.3 cm³/mol. The first-order valence-corrected chi connectivity index (χ1v) is 9.63. The van der Waals surface area contributed by atoms with Crippen molar-refractivity contribution < 1.29 is 22.3 Å². The number of carbonyl (C=O) groups excluding carboxylic acids is 1. The van der Waals surface area contributed by atoms with Crippen LogP contribution in [0.25, 0.3) is 0 Å². The van der Waals surface area contributed by atoms with Crippen molar-refractivity contribution in [3.63, 3.8) is 0 Å². The third-order valence-electron chi connectivity index (χ3n) is 4.13. The van der Waals surface area contributed by atoms with Gasteiger partial charge in [-0.05, 0) is 54.4 Å². The zero-order chi connectivity index (χ0) is 18.7. The highest BCUT2D eigenvalue weighted by Crippen LogP contribution is 2.29. The van der Waals surface area contributed by atoms with Crippen LogP contribution in [-0.4, -0.2) is 34.5 Å². The summed E-state index contributed by atoms with van der Waals surface area (Å²) in [4.78, 5) is 13.4. The lowest BCUT2D eigenvalue weighted by Gasteiger charge is -2.11. The average molecular weight is 378 g/mol. The number of carbonyl (C=O) groups is 1. The minimum absolute atomic E-state index is 0.0551. The zero-order valence-electron chi connectivity index (χ0n) is 14.2. The summed E-state index contributed by atoms with van der Waals surface area (Å²) < 4.78 is 45.5. The van der Waals surface area contributed by atoms with E-state index in [9.17, 15) is 17.6 Å². The number of sulfonamides is 1. The molecule has 138 valence electrons. The van der Waals surface area contributed by atoms with Crippen LogP contribution in [0.5, 0.6) is 5.75 Å². The highest BCUT2D eigenvalue weighted by Gasteiger charge is 2.26. The van der Waals surface area contributed by atoms with E-state index in [0.717, 1.165) is 5.69 Å². The van der Waals surface area contributed by atoms with Gasteiger partial charge in [-0.3, -0.25) is 4.79 Å². The van der Waals surface area contributed by atoms with E-state index in [-0.39, 0.29) is 29.6 Å². The highest BCUT2D eigenvalue weighted by molar-refractivity contribution is 7.89. The van der Waals surface area contributed by atoms with Gasteiger partial charge >= 0.3 is 0 Å². The van der Waals surface area contributed by atoms with Gasteiger partial charge in [-0.25, -0.2) is 17.5 Å². The first-order chi connectivity index (χ1) is 12.4. The highest BCUT2D eigenvalue weighted by atomic mass is 32.2. The number of anilines is 1. The van der Waals surface area contributed by atoms with Gasteiger partial charge in [-0.15, -0.1) is 0 Å². The van der Waals surface area contributed by atoms with E-state index >= 15 is 0 Å². The third-order valence-corrected chi connectivity index (χ3v) is 5.59. The second-order valence-corrected chi connectivity index (χ2v) is 7.74. The maximum absolute atomic E-state index is 12.8. The van der Waals surface area contributed by atoms with Crippen LogP contribution in [0.2, 0.25) is 0 Å². The molecule has 1 aliphatic rings. The molecule has 0 saturated carbocycles. The summed E-state index contributed by atoms with van der Waals surface area (Å²) in [6.07, 6.45) is 0.670. The minimum atomic E-state index is -3.65. The van der Waals surface area contributed by atoms with Crippen LogP contribution in [0.3, 0.4) is 0 Å². The van der Waals surface area contributed by atoms with Crippen LogP contribution in [0.1, 0.15) is 12.0 Å². The van der Waals surface area contributed by atoms with Gasteiger partial charge in [-0.1, -0.05) is 0 Å². The number of fused-ring (bicyclic) bond motifs is 1. The van der Waals surface area contributed by atoms with E-state index in [2.05, 4.69) is 4.72 Å². The van der Waals surface area contributed by atoms with Crippen LogP contribution in [0.15, 0.2) is 47.4 Å². The quantitative estimate of drug-likeness (QED) is 0.749. The Morgan fingerprint density at radius 2 is 1.92 bits per heavy atom. The van der Waals surface area contributed by atoms with Crippen molar-refractivity contribution in [1.29, 1.82) is 0 Å². The molecule has 0 spiro atoms. The van der Waals surface area contributed by atoms with Crippen LogP contribution in [-0.2, 0) is 21.2 Å². The molecule has 2 aromatic rings. The van der Waals surface area contributed by atoms with Crippen LogP contribution in [0, 0.1) is 5.82 Å². The van der Waals surface area contributed by atoms with Gasteiger partial charge in [0.25, 0.3) is 0 Å². The SMILES string of the molecule is CN1C(=O)Cc2cc(S(=O)(=O)NCCCOc3ccc(F)cc3)ccc21. The van der Waals surface area contributed by atoms with Crippen LogP contribution < -0.4 is 14.4 Å². The number of ether oxygens (including phenoxy) is 1. The Morgan fingerprint density at radius 1 is 1.19 bits per heavy atom. The van der Waals surface area contributed by atoms with Gasteiger partial charge < -0.3 is 9.64 Å². The number of likely N-dealkylation sites (N-methyl/N-ethyl adjacent to an activating group) is 1. The average Bonchev–Trinajstić information content (AvgIpc) is 2.90. The molecule has 0 fully saturated rings. The molecule has 1 heterocycles. The molecule has 1 N–H and O–H groups in total. The van der Waals surface area contributed by atoms with Gasteiger partial charge in [0.15, 0.2) is 0 Å². The van der Waals surface area contributed by atoms with Gasteiger partial charge in [-0.2, -0.15) is 0 Å². The summed E-state index contributed by atoms with van der Waals surface area (Å²) in [6, 6.07) is 10.3. The number of hydrogen-bond donors (Lipinski definition) is 1. The number of benzene rings is 2. The fourth-order valence-corrected chi connectivity index (χ4v) is 3.82. The molecule has 6 nitrogen and oxygen atoms in total. The molecule has 0 aliphatic carbocycles. The van der Waals surface area contributed by atoms with E-state index in [1.54, 1.807) is 13.1 Å². The molecular formula is C18H19FN2O4S. The molecule has 0 unspecified atom stereocenters. The lowest BCUT2D eigenvalue weighted by Crippen LogP contribution is -2.26. The summed E-state index contributed by atoms with van der Waals surface area (Å²) in [7, 11) is -1.98. The van der Waals surface area contributed by atoms with Crippen LogP contribution >= 0.6 is 0 Å². The largest absolute Gasteiger partial charge is 0.494 e. The molecule has 8 heteroatoms. The van der Waals surface area contributed by atoms with E-state index in [1.807, 2.05) is 0 Å². The molecule has 2 aromatic carbocycles. The minimum Gasteiger partial charge on any atom is -0.494 e. The van der Waals surface area contributed by atoms with Crippen LogP contribution in [0.4, 0.5) is 10.1 Å². The molecule has 26 heavy (non-hydrogen) atoms. The predicted octanol–water partition coefficient (Wildman–Crippen LogP) is 2.09. The lowest BCUT2D eigenvalue weighted by molar-refractivity contribution is -0.117. The topological polar surface area (TPSA) is 75.7 Å². The number of nitrogens with zero attached hydrogens (tertiary/aromatic N) is 1. The molecule has 1 amide bonds. The zero-order valence-corrected chi connectivity index (χ0v) is 15.1. The number of amides is 1. The Kier molecular flexibility index (Phi) is 5.24. The summed E-state index contributed by atoms with van der Waals surface area (Å²) in [5, 5.41) is 0. The normalized spacial score (nSPS) is 13.8. The van der Waals surface area contributed by atoms with E-state index in [1.165, 1.54) is 41.3 Å². The Morgan fingerprint density at radius 3 is 2.65 bits per heavy atom. The fraction of sp³-hybridized carbons (Fsp3) is 0.278. The standard InChI is InChI=1S/C18H19FN2O4S/c1-21-17-8-7-16(11-13(17)12-18(21)22)26(23,24)20-9-2-10-25-15-5-3-14(19)4-6-15/h3-8,11,20H,2,9-10,12H2,1H3. The molecule has 0 aromatic heterocycles. The van der Waals surface area contributed by atoms with E-state index in [0.29, 0.717) is 24.3 Å². The van der Waals surface area contributed by atoms with Crippen molar-refractivity contribution in [2.24, 2.45) is 0 Å². The van der Waals surface area contributed by atoms with E-state index < -0.39 is 10.0 Å². The third kappa shape index (κ3) is 4.03. The van der Waals surface area contributed by atoms with Crippen molar-refractivity contribution in [3.05, 3.63) is 53.8 Å². The Hall–Kier alpha value is -2.45. The van der Waals surface area contributed by atoms with Gasteiger partial charge in [0.1, 0.15) is 11.6 Å². The molecule has 0 atom stereocenters. The number of rotatable bonds is 7. The molecule has 3 rings (SSSR count). The summed E-state index contributed by atoms with van der Waals surface area (Å²) in [5.74, 6) is 0.134. The Balaban J connectivity index is 1.52. The molecular weight excluding hydrogens is 359 g/mol. The van der Waals surface area contributed by atoms with Gasteiger partial charge in [0, 0.05) is 19.3 Å². The molecule has 0 saturated heterocycles. The molecule has 1 aliphatic heterocycles. The van der Waals surface area contributed by atoms with Crippen molar-refractivity contribution in [2.75, 3.05) is 25.1 Å². The lowest BCUT2D eigenvalue weighted by atomic mass is 10.2. The summed E-state index contributed by atoms with van der Waals surface area (Å²) in [6.45, 7) is 0.511. The first-order valence-electron chi connectivity index (χ1n) is 8.14. The maximum Gasteiger partial charge on any atom is 0.240 e. The van der Waals surface area contributed by atoms with Crippen molar-refractivity contribution in [2.45, 2.75) is 17.7 Å². The maximum atomic E-state index is 12.8. The summed E-state index contributed by atoms with van der Waals surface area (Å²) >= 11 is 0.